The predicted molar refractivity (Wildman–Crippen MR) is 124 cm³/mol. The molecule has 0 radical (unpaired) electrons. The van der Waals surface area contributed by atoms with Gasteiger partial charge in [-0.05, 0) is 49.1 Å². The van der Waals surface area contributed by atoms with Gasteiger partial charge >= 0.3 is 5.97 Å². The van der Waals surface area contributed by atoms with Crippen molar-refractivity contribution in [2.75, 3.05) is 23.3 Å². The van der Waals surface area contributed by atoms with Crippen LogP contribution in [0.3, 0.4) is 0 Å². The molecule has 32 heavy (non-hydrogen) atoms. The summed E-state index contributed by atoms with van der Waals surface area (Å²) in [7, 11) is -2.68. The van der Waals surface area contributed by atoms with Crippen LogP contribution in [0.1, 0.15) is 27.2 Å². The highest BCUT2D eigenvalue weighted by Crippen LogP contribution is 2.39. The zero-order chi connectivity index (χ0) is 22.7. The molecule has 7 nitrogen and oxygen atoms in total. The molecule has 0 unspecified atom stereocenters. The predicted octanol–water partition coefficient (Wildman–Crippen LogP) is 3.86. The van der Waals surface area contributed by atoms with Gasteiger partial charge in [-0.1, -0.05) is 36.4 Å². The van der Waals surface area contributed by atoms with Crippen LogP contribution in [0.5, 0.6) is 0 Å². The largest absolute Gasteiger partial charge is 0.465 e. The number of rotatable bonds is 7. The van der Waals surface area contributed by atoms with E-state index in [1.54, 1.807) is 48.5 Å². The van der Waals surface area contributed by atoms with Crippen molar-refractivity contribution in [3.8, 4) is 0 Å². The molecule has 0 saturated heterocycles. The average molecular weight is 471 g/mol. The first kappa shape index (κ1) is 22.0. The molecule has 4 rings (SSSR count). The summed E-state index contributed by atoms with van der Waals surface area (Å²) in [6.07, 6.45) is 2.56. The number of carbonyl (C=O) groups excluding carboxylic acids is 2. The van der Waals surface area contributed by atoms with Crippen LogP contribution in [0.15, 0.2) is 65.6 Å². The number of fused-ring (bicyclic) bond motifs is 1. The van der Waals surface area contributed by atoms with Crippen LogP contribution in [0.4, 0.5) is 10.7 Å². The van der Waals surface area contributed by atoms with Gasteiger partial charge in [0.25, 0.3) is 10.0 Å². The van der Waals surface area contributed by atoms with E-state index in [9.17, 15) is 18.0 Å². The summed E-state index contributed by atoms with van der Waals surface area (Å²) in [5.41, 5.74) is 1.65. The number of methoxy groups -OCH3 is 1. The second kappa shape index (κ2) is 9.13. The zero-order valence-corrected chi connectivity index (χ0v) is 19.0. The highest BCUT2D eigenvalue weighted by atomic mass is 32.2. The fourth-order valence-electron chi connectivity index (χ4n) is 3.74. The van der Waals surface area contributed by atoms with E-state index in [1.165, 1.54) is 30.6 Å². The second-order valence-corrected chi connectivity index (χ2v) is 10.2. The minimum absolute atomic E-state index is 0.0852. The topological polar surface area (TPSA) is 92.8 Å². The van der Waals surface area contributed by atoms with Crippen LogP contribution in [-0.2, 0) is 32.4 Å². The summed E-state index contributed by atoms with van der Waals surface area (Å²) in [6, 6.07) is 16.4. The van der Waals surface area contributed by atoms with Gasteiger partial charge in [0, 0.05) is 4.88 Å². The third kappa shape index (κ3) is 4.26. The maximum absolute atomic E-state index is 13.3. The number of nitrogens with zero attached hydrogens (tertiary/aromatic N) is 1. The fourth-order valence-corrected chi connectivity index (χ4v) is 6.47. The molecule has 0 aliphatic heterocycles. The molecule has 1 heterocycles. The normalized spacial score (nSPS) is 12.8. The van der Waals surface area contributed by atoms with Gasteiger partial charge in [-0.15, -0.1) is 11.3 Å². The van der Waals surface area contributed by atoms with Crippen LogP contribution in [0.25, 0.3) is 0 Å². The molecule has 0 spiro atoms. The number of esters is 1. The van der Waals surface area contributed by atoms with Gasteiger partial charge in [0.15, 0.2) is 0 Å². The Morgan fingerprint density at radius 1 is 1.03 bits per heavy atom. The number of hydrogen-bond donors (Lipinski definition) is 1. The first-order chi connectivity index (χ1) is 15.4. The van der Waals surface area contributed by atoms with Gasteiger partial charge in [0.2, 0.25) is 5.91 Å². The molecule has 2 aromatic carbocycles. The summed E-state index contributed by atoms with van der Waals surface area (Å²) in [4.78, 5) is 26.5. The Morgan fingerprint density at radius 3 is 2.34 bits per heavy atom. The Hall–Kier alpha value is -3.17. The van der Waals surface area contributed by atoms with Crippen LogP contribution >= 0.6 is 11.3 Å². The van der Waals surface area contributed by atoms with Gasteiger partial charge in [-0.3, -0.25) is 9.10 Å². The highest BCUT2D eigenvalue weighted by Gasteiger charge is 2.30. The number of anilines is 2. The lowest BCUT2D eigenvalue weighted by Gasteiger charge is -2.24. The van der Waals surface area contributed by atoms with E-state index in [4.69, 9.17) is 4.74 Å². The van der Waals surface area contributed by atoms with Gasteiger partial charge in [0.1, 0.15) is 11.5 Å². The van der Waals surface area contributed by atoms with Gasteiger partial charge in [0.05, 0.1) is 23.3 Å². The number of nitrogens with one attached hydrogen (secondary N) is 1. The van der Waals surface area contributed by atoms with Crippen molar-refractivity contribution in [2.24, 2.45) is 0 Å². The average Bonchev–Trinajstić information content (AvgIpc) is 3.39. The number of ether oxygens (including phenoxy) is 1. The van der Waals surface area contributed by atoms with Crippen molar-refractivity contribution in [3.05, 3.63) is 76.7 Å². The van der Waals surface area contributed by atoms with E-state index in [2.05, 4.69) is 5.32 Å². The number of benzene rings is 2. The molecule has 1 aliphatic rings. The lowest BCUT2D eigenvalue weighted by molar-refractivity contribution is -0.114. The lowest BCUT2D eigenvalue weighted by Crippen LogP contribution is -2.38. The number of aryl methyl sites for hydroxylation is 1. The van der Waals surface area contributed by atoms with E-state index >= 15 is 0 Å². The van der Waals surface area contributed by atoms with Crippen LogP contribution in [-0.4, -0.2) is 33.9 Å². The summed E-state index contributed by atoms with van der Waals surface area (Å²) in [5, 5.41) is 3.15. The van der Waals surface area contributed by atoms with Gasteiger partial charge < -0.3 is 10.1 Å². The smallest absolute Gasteiger partial charge is 0.341 e. The van der Waals surface area contributed by atoms with E-state index in [1.807, 2.05) is 0 Å². The number of hydrogen-bond acceptors (Lipinski definition) is 6. The number of amides is 1. The molecular formula is C23H22N2O5S2. The van der Waals surface area contributed by atoms with E-state index in [0.29, 0.717) is 16.3 Å². The first-order valence-electron chi connectivity index (χ1n) is 10.1. The lowest BCUT2D eigenvalue weighted by atomic mass is 10.1. The monoisotopic (exact) mass is 470 g/mol. The third-order valence-electron chi connectivity index (χ3n) is 5.23. The molecule has 0 fully saturated rings. The molecule has 9 heteroatoms. The minimum Gasteiger partial charge on any atom is -0.465 e. The Balaban J connectivity index is 1.65. The van der Waals surface area contributed by atoms with Crippen LogP contribution in [0.2, 0.25) is 0 Å². The third-order valence-corrected chi connectivity index (χ3v) is 8.22. The molecule has 1 aromatic heterocycles. The SMILES string of the molecule is COC(=O)c1c(NC(=O)CN(c2ccccc2)S(=O)(=O)c2ccccc2)sc2c1CCC2. The fraction of sp³-hybridized carbons (Fsp3) is 0.217. The minimum atomic E-state index is -3.98. The first-order valence-corrected chi connectivity index (χ1v) is 12.3. The van der Waals surface area contributed by atoms with E-state index in [0.717, 1.165) is 34.0 Å². The quantitative estimate of drug-likeness (QED) is 0.530. The van der Waals surface area contributed by atoms with Crippen LogP contribution in [0, 0.1) is 0 Å². The summed E-state index contributed by atoms with van der Waals surface area (Å²) in [6.45, 7) is -0.440. The molecule has 0 saturated carbocycles. The summed E-state index contributed by atoms with van der Waals surface area (Å²) >= 11 is 1.35. The van der Waals surface area contributed by atoms with E-state index < -0.39 is 28.4 Å². The van der Waals surface area contributed by atoms with Crippen molar-refractivity contribution in [3.63, 3.8) is 0 Å². The van der Waals surface area contributed by atoms with E-state index in [-0.39, 0.29) is 4.90 Å². The molecule has 0 bridgehead atoms. The number of sulfonamides is 1. The standard InChI is InChI=1S/C23H22N2O5S2/c1-30-23(27)21-18-13-8-14-19(18)31-22(21)24-20(26)15-25(16-9-4-2-5-10-16)32(28,29)17-11-6-3-7-12-17/h2-7,9-12H,8,13-15H2,1H3,(H,24,26). The summed E-state index contributed by atoms with van der Waals surface area (Å²) < 4.78 is 32.6. The molecule has 1 aliphatic carbocycles. The summed E-state index contributed by atoms with van der Waals surface area (Å²) in [5.74, 6) is -1.05. The van der Waals surface area contributed by atoms with Gasteiger partial charge in [-0.2, -0.15) is 0 Å². The molecule has 1 amide bonds. The Labute approximate surface area is 190 Å². The molecular weight excluding hydrogens is 448 g/mol. The number of carbonyl (C=O) groups is 2. The second-order valence-electron chi connectivity index (χ2n) is 7.26. The number of para-hydroxylation sites is 1. The Bertz CT molecular complexity index is 1240. The number of thiophene rings is 1. The highest BCUT2D eigenvalue weighted by molar-refractivity contribution is 7.92. The molecule has 166 valence electrons. The maximum atomic E-state index is 13.3. The maximum Gasteiger partial charge on any atom is 0.341 e. The zero-order valence-electron chi connectivity index (χ0n) is 17.4. The Kier molecular flexibility index (Phi) is 6.29. The molecule has 0 atom stereocenters. The van der Waals surface area contributed by atoms with Crippen molar-refractivity contribution in [1.29, 1.82) is 0 Å². The van der Waals surface area contributed by atoms with Crippen molar-refractivity contribution in [1.82, 2.24) is 0 Å². The van der Waals surface area contributed by atoms with Crippen molar-refractivity contribution >= 4 is 43.9 Å². The van der Waals surface area contributed by atoms with Gasteiger partial charge in [-0.25, -0.2) is 13.2 Å². The molecule has 3 aromatic rings. The molecule has 1 N–H and O–H groups in total. The van der Waals surface area contributed by atoms with Crippen molar-refractivity contribution in [2.45, 2.75) is 24.2 Å². The van der Waals surface area contributed by atoms with Crippen LogP contribution < -0.4 is 9.62 Å². The van der Waals surface area contributed by atoms with Crippen molar-refractivity contribution < 1.29 is 22.7 Å². The Morgan fingerprint density at radius 2 is 1.69 bits per heavy atom.